The highest BCUT2D eigenvalue weighted by Gasteiger charge is 2.31. The molecular formula is C57H74FN11O5Si. The van der Waals surface area contributed by atoms with Gasteiger partial charge in [0.05, 0.1) is 16.7 Å². The number of hydrogen-bond acceptors (Lipinski definition) is 12. The summed E-state index contributed by atoms with van der Waals surface area (Å²) >= 11 is 0. The maximum atomic E-state index is 15.0. The number of halogens is 1. The molecule has 2 atom stereocenters. The minimum Gasteiger partial charge on any atom is -0.377 e. The molecule has 0 bridgehead atoms. The van der Waals surface area contributed by atoms with Crippen LogP contribution in [0, 0.1) is 11.9 Å². The van der Waals surface area contributed by atoms with Gasteiger partial charge in [0.2, 0.25) is 17.8 Å². The smallest absolute Gasteiger partial charge is 0.253 e. The number of ether oxygens (including phenoxy) is 2. The summed E-state index contributed by atoms with van der Waals surface area (Å²) in [5.74, 6) is 1.10. The van der Waals surface area contributed by atoms with E-state index in [0.717, 1.165) is 142 Å². The summed E-state index contributed by atoms with van der Waals surface area (Å²) in [7, 11) is 2.63. The molecule has 4 aliphatic rings. The molecule has 3 amide bonds. The number of piperazine rings is 1. The lowest BCUT2D eigenvalue weighted by molar-refractivity contribution is -0.133. The molecule has 0 saturated carbocycles. The summed E-state index contributed by atoms with van der Waals surface area (Å²) in [6.07, 6.45) is 6.52. The van der Waals surface area contributed by atoms with E-state index < -0.39 is 26.0 Å². The number of methoxy groups -OCH3 is 1. The van der Waals surface area contributed by atoms with E-state index in [2.05, 4.69) is 116 Å². The van der Waals surface area contributed by atoms with E-state index in [1.165, 1.54) is 11.3 Å². The summed E-state index contributed by atoms with van der Waals surface area (Å²) in [6, 6.07) is 23.5. The molecule has 4 aromatic heterocycles. The fraction of sp³-hybridized carbons (Fsp3) is 0.509. The molecule has 4 aliphatic heterocycles. The Bertz CT molecular complexity index is 3000. The summed E-state index contributed by atoms with van der Waals surface area (Å²) in [5.41, 5.74) is 8.67. The number of anilines is 2. The van der Waals surface area contributed by atoms with Crippen LogP contribution in [-0.4, -0.2) is 143 Å². The van der Waals surface area contributed by atoms with Crippen molar-refractivity contribution in [3.63, 3.8) is 0 Å². The standard InChI is InChI=1S/C57H74FN11O5Si/c1-38(49-34-45-44(17-22-59-55(45)64(49)2)43-11-12-46-50(33-43)69(52(61-46)36-73-3)37-74-31-32-75(4,5)6)66-25-20-41(21-26-66)40-7-9-42(10-8-40)57(72)68-23-18-39(19-24-68)35-65-27-29-67(30-28-65)51-15-13-47(54(58)62-51)60-48-14-16-53(70)63-56(48)71/h7-13,15,17,22,33-34,38-39,41,48,60H,14,16,18-21,23-32,35-37H2,1-6H3,(H,63,70,71)/t38-,48?/m0/s1. The first kappa shape index (κ1) is 52.4. The number of piperidine rings is 3. The maximum absolute atomic E-state index is 15.0. The number of imidazole rings is 1. The maximum Gasteiger partial charge on any atom is 0.253 e. The molecule has 0 radical (unpaired) electrons. The molecule has 75 heavy (non-hydrogen) atoms. The number of nitrogens with one attached hydrogen (secondary N) is 2. The molecule has 4 saturated heterocycles. The van der Waals surface area contributed by atoms with Crippen LogP contribution in [0.1, 0.15) is 84.8 Å². The molecule has 0 spiro atoms. The number of carbonyl (C=O) groups excluding carboxylic acids is 3. The normalized spacial score (nSPS) is 19.3. The Morgan fingerprint density at radius 3 is 2.36 bits per heavy atom. The average Bonchev–Trinajstić information content (AvgIpc) is 3.97. The van der Waals surface area contributed by atoms with Crippen molar-refractivity contribution >= 4 is 59.4 Å². The van der Waals surface area contributed by atoms with Crippen LogP contribution in [-0.2, 0) is 39.4 Å². The molecule has 16 nitrogen and oxygen atoms in total. The molecule has 6 aromatic rings. The number of aromatic nitrogens is 5. The number of imide groups is 1. The number of pyridine rings is 2. The lowest BCUT2D eigenvalue weighted by atomic mass is 9.88. The van der Waals surface area contributed by atoms with Gasteiger partial charge in [-0.25, -0.2) is 15.0 Å². The number of fused-ring (bicyclic) bond motifs is 2. The SMILES string of the molecule is COCc1nc2ccc(-c3ccnc4c3cc([C@H](C)N3CCC(c5ccc(C(=O)N6CCC(CN7CCN(c8ccc(NC9CCC(=O)NC9=O)c(F)n8)CC7)CC6)cc5)CC3)n4C)cc2n1COCC[Si](C)(C)C. The second kappa shape index (κ2) is 22.7. The zero-order valence-corrected chi connectivity index (χ0v) is 45.6. The largest absolute Gasteiger partial charge is 0.377 e. The molecule has 1 unspecified atom stereocenters. The van der Waals surface area contributed by atoms with E-state index in [-0.39, 0.29) is 30.0 Å². The van der Waals surface area contributed by atoms with Crippen LogP contribution < -0.4 is 15.5 Å². The van der Waals surface area contributed by atoms with Gasteiger partial charge in [-0.1, -0.05) is 37.8 Å². The number of likely N-dealkylation sites (tertiary alicyclic amines) is 2. The average molecular weight is 1040 g/mol. The predicted molar refractivity (Wildman–Crippen MR) is 294 cm³/mol. The van der Waals surface area contributed by atoms with Crippen molar-refractivity contribution in [3.8, 4) is 11.1 Å². The first-order chi connectivity index (χ1) is 36.2. The number of carbonyl (C=O) groups is 3. The van der Waals surface area contributed by atoms with Gasteiger partial charge in [0.25, 0.3) is 5.91 Å². The van der Waals surface area contributed by atoms with Gasteiger partial charge < -0.3 is 33.7 Å². The number of aryl methyl sites for hydroxylation is 1. The molecule has 10 rings (SSSR count). The van der Waals surface area contributed by atoms with Crippen molar-refractivity contribution in [1.29, 1.82) is 0 Å². The third kappa shape index (κ3) is 11.8. The van der Waals surface area contributed by atoms with Crippen LogP contribution in [0.25, 0.3) is 33.2 Å². The van der Waals surface area contributed by atoms with Crippen LogP contribution in [0.15, 0.2) is 72.9 Å². The topological polar surface area (TPSA) is 155 Å². The Labute approximate surface area is 441 Å². The third-order valence-electron chi connectivity index (χ3n) is 16.2. The highest BCUT2D eigenvalue weighted by atomic mass is 28.3. The van der Waals surface area contributed by atoms with E-state index in [0.29, 0.717) is 37.4 Å². The van der Waals surface area contributed by atoms with E-state index in [9.17, 15) is 14.4 Å². The van der Waals surface area contributed by atoms with Gasteiger partial charge in [0, 0.05) is 110 Å². The first-order valence-corrected chi connectivity index (χ1v) is 30.8. The second-order valence-corrected chi connectivity index (χ2v) is 28.1. The molecule has 4 fully saturated rings. The van der Waals surface area contributed by atoms with Gasteiger partial charge in [-0.05, 0) is 135 Å². The van der Waals surface area contributed by atoms with Gasteiger partial charge in [0.1, 0.15) is 36.7 Å². The second-order valence-electron chi connectivity index (χ2n) is 22.5. The number of hydrogen-bond donors (Lipinski definition) is 2. The van der Waals surface area contributed by atoms with Crippen LogP contribution in [0.2, 0.25) is 25.7 Å². The van der Waals surface area contributed by atoms with Gasteiger partial charge in [0.15, 0.2) is 0 Å². The van der Waals surface area contributed by atoms with Crippen LogP contribution in [0.3, 0.4) is 0 Å². The van der Waals surface area contributed by atoms with E-state index in [4.69, 9.17) is 19.4 Å². The van der Waals surface area contributed by atoms with E-state index in [1.54, 1.807) is 19.2 Å². The van der Waals surface area contributed by atoms with Crippen molar-refractivity contribution < 1.29 is 28.2 Å². The monoisotopic (exact) mass is 1040 g/mol. The molecular weight excluding hydrogens is 966 g/mol. The Morgan fingerprint density at radius 2 is 1.65 bits per heavy atom. The van der Waals surface area contributed by atoms with Crippen molar-refractivity contribution in [1.82, 2.24) is 44.1 Å². The molecule has 18 heteroatoms. The molecule has 2 aromatic carbocycles. The van der Waals surface area contributed by atoms with Crippen molar-refractivity contribution in [2.75, 3.05) is 82.8 Å². The zero-order valence-electron chi connectivity index (χ0n) is 44.6. The highest BCUT2D eigenvalue weighted by Crippen LogP contribution is 2.37. The fourth-order valence-electron chi connectivity index (χ4n) is 11.6. The Hall–Kier alpha value is -6.05. The molecule has 2 N–H and O–H groups in total. The molecule has 8 heterocycles. The lowest BCUT2D eigenvalue weighted by Gasteiger charge is -2.39. The van der Waals surface area contributed by atoms with Crippen LogP contribution in [0.4, 0.5) is 15.9 Å². The molecule has 398 valence electrons. The summed E-state index contributed by atoms with van der Waals surface area (Å²) in [6.45, 7) is 18.7. The summed E-state index contributed by atoms with van der Waals surface area (Å²) < 4.78 is 31.2. The fourth-order valence-corrected chi connectivity index (χ4v) is 12.4. The van der Waals surface area contributed by atoms with E-state index >= 15 is 4.39 Å². The van der Waals surface area contributed by atoms with Gasteiger partial charge in [-0.15, -0.1) is 0 Å². The van der Waals surface area contributed by atoms with Crippen molar-refractivity contribution in [3.05, 3.63) is 102 Å². The van der Waals surface area contributed by atoms with E-state index in [1.807, 2.05) is 23.2 Å². The lowest BCUT2D eigenvalue weighted by Crippen LogP contribution is -2.49. The van der Waals surface area contributed by atoms with Crippen LogP contribution >= 0.6 is 0 Å². The van der Waals surface area contributed by atoms with Gasteiger partial charge in [-0.2, -0.15) is 4.39 Å². The predicted octanol–water partition coefficient (Wildman–Crippen LogP) is 8.41. The Kier molecular flexibility index (Phi) is 15.8. The highest BCUT2D eigenvalue weighted by molar-refractivity contribution is 6.76. The van der Waals surface area contributed by atoms with Crippen molar-refractivity contribution in [2.45, 2.75) is 102 Å². The summed E-state index contributed by atoms with van der Waals surface area (Å²) in [4.78, 5) is 60.6. The number of nitrogens with zero attached hydrogens (tertiary/aromatic N) is 9. The number of benzene rings is 2. The Morgan fingerprint density at radius 1 is 0.893 bits per heavy atom. The van der Waals surface area contributed by atoms with Gasteiger partial charge in [-0.3, -0.25) is 29.5 Å². The minimum absolute atomic E-state index is 0.115. The zero-order chi connectivity index (χ0) is 52.4. The van der Waals surface area contributed by atoms with Gasteiger partial charge >= 0.3 is 0 Å². The number of rotatable bonds is 17. The minimum atomic E-state index is -1.22. The quantitative estimate of drug-likeness (QED) is 0.0390. The molecule has 0 aliphatic carbocycles. The Balaban J connectivity index is 0.690. The third-order valence-corrected chi connectivity index (χ3v) is 18.0. The first-order valence-electron chi connectivity index (χ1n) is 27.1. The number of amides is 3. The van der Waals surface area contributed by atoms with Crippen LogP contribution in [0.5, 0.6) is 0 Å². The van der Waals surface area contributed by atoms with Crippen molar-refractivity contribution in [2.24, 2.45) is 13.0 Å². The summed E-state index contributed by atoms with van der Waals surface area (Å²) in [5, 5.41) is 6.33.